The van der Waals surface area contributed by atoms with Crippen LogP contribution in [-0.2, 0) is 13.6 Å². The SMILES string of the molecule is Cc1cc(-c2nccn2C)nc([C@H]2CCCN(Cc3ccccc3)C2)n1. The number of hydrogen-bond donors (Lipinski definition) is 0. The molecule has 1 aliphatic rings. The predicted molar refractivity (Wildman–Crippen MR) is 103 cm³/mol. The van der Waals surface area contributed by atoms with E-state index in [1.54, 1.807) is 0 Å². The van der Waals surface area contributed by atoms with Crippen molar-refractivity contribution < 1.29 is 0 Å². The van der Waals surface area contributed by atoms with Crippen molar-refractivity contribution in [3.8, 4) is 11.5 Å². The van der Waals surface area contributed by atoms with Crippen molar-refractivity contribution in [1.29, 1.82) is 0 Å². The maximum Gasteiger partial charge on any atom is 0.158 e. The van der Waals surface area contributed by atoms with E-state index in [-0.39, 0.29) is 0 Å². The summed E-state index contributed by atoms with van der Waals surface area (Å²) >= 11 is 0. The van der Waals surface area contributed by atoms with E-state index in [2.05, 4.69) is 40.2 Å². The van der Waals surface area contributed by atoms with E-state index in [0.29, 0.717) is 5.92 Å². The van der Waals surface area contributed by atoms with Crippen molar-refractivity contribution in [2.45, 2.75) is 32.2 Å². The van der Waals surface area contributed by atoms with Crippen molar-refractivity contribution in [3.05, 3.63) is 65.9 Å². The van der Waals surface area contributed by atoms with Gasteiger partial charge < -0.3 is 4.57 Å². The van der Waals surface area contributed by atoms with Crippen LogP contribution in [0.5, 0.6) is 0 Å². The molecule has 5 heteroatoms. The van der Waals surface area contributed by atoms with Crippen molar-refractivity contribution in [3.63, 3.8) is 0 Å². The summed E-state index contributed by atoms with van der Waals surface area (Å²) in [5.41, 5.74) is 3.29. The molecule has 1 atom stereocenters. The van der Waals surface area contributed by atoms with Crippen LogP contribution in [-0.4, -0.2) is 37.5 Å². The van der Waals surface area contributed by atoms with Crippen LogP contribution in [0.2, 0.25) is 0 Å². The molecule has 0 N–H and O–H groups in total. The van der Waals surface area contributed by atoms with Crippen molar-refractivity contribution in [1.82, 2.24) is 24.4 Å². The molecule has 2 aromatic heterocycles. The Morgan fingerprint density at radius 2 is 2.00 bits per heavy atom. The summed E-state index contributed by atoms with van der Waals surface area (Å²) < 4.78 is 2.01. The topological polar surface area (TPSA) is 46.8 Å². The second-order valence-corrected chi connectivity index (χ2v) is 7.17. The summed E-state index contributed by atoms with van der Waals surface area (Å²) in [6.45, 7) is 5.19. The number of aromatic nitrogens is 4. The van der Waals surface area contributed by atoms with Crippen molar-refractivity contribution in [2.24, 2.45) is 7.05 Å². The van der Waals surface area contributed by atoms with E-state index in [4.69, 9.17) is 9.97 Å². The summed E-state index contributed by atoms with van der Waals surface area (Å²) in [6, 6.07) is 12.7. The Labute approximate surface area is 154 Å². The summed E-state index contributed by atoms with van der Waals surface area (Å²) in [4.78, 5) is 16.6. The molecule has 1 aliphatic heterocycles. The molecule has 0 unspecified atom stereocenters. The minimum absolute atomic E-state index is 0.381. The van der Waals surface area contributed by atoms with Crippen LogP contribution in [0.4, 0.5) is 0 Å². The van der Waals surface area contributed by atoms with E-state index in [9.17, 15) is 0 Å². The second-order valence-electron chi connectivity index (χ2n) is 7.17. The Bertz CT molecular complexity index is 871. The van der Waals surface area contributed by atoms with E-state index in [1.165, 1.54) is 12.0 Å². The monoisotopic (exact) mass is 347 g/mol. The number of piperidine rings is 1. The lowest BCUT2D eigenvalue weighted by Gasteiger charge is -2.32. The molecule has 0 saturated carbocycles. The molecule has 1 aromatic carbocycles. The minimum atomic E-state index is 0.381. The average molecular weight is 347 g/mol. The van der Waals surface area contributed by atoms with Crippen LogP contribution in [0.15, 0.2) is 48.8 Å². The van der Waals surface area contributed by atoms with Gasteiger partial charge in [-0.15, -0.1) is 0 Å². The highest BCUT2D eigenvalue weighted by molar-refractivity contribution is 5.50. The summed E-state index contributed by atoms with van der Waals surface area (Å²) in [6.07, 6.45) is 6.10. The number of aryl methyl sites for hydroxylation is 2. The number of rotatable bonds is 4. The maximum absolute atomic E-state index is 4.88. The van der Waals surface area contributed by atoms with Gasteiger partial charge in [0, 0.05) is 44.1 Å². The fraction of sp³-hybridized carbons (Fsp3) is 0.381. The summed E-state index contributed by atoms with van der Waals surface area (Å²) in [5, 5.41) is 0. The fourth-order valence-corrected chi connectivity index (χ4v) is 3.75. The molecule has 3 heterocycles. The largest absolute Gasteiger partial charge is 0.333 e. The standard InChI is InChI=1S/C21H25N5/c1-16-13-19(21-22-10-12-25(21)2)24-20(23-16)18-9-6-11-26(15-18)14-17-7-4-3-5-8-17/h3-5,7-8,10,12-13,18H,6,9,11,14-15H2,1-2H3/t18-/m0/s1. The smallest absolute Gasteiger partial charge is 0.158 e. The van der Waals surface area contributed by atoms with E-state index in [1.807, 2.05) is 37.0 Å². The fourth-order valence-electron chi connectivity index (χ4n) is 3.75. The molecule has 26 heavy (non-hydrogen) atoms. The Hall–Kier alpha value is -2.53. The molecular weight excluding hydrogens is 322 g/mol. The minimum Gasteiger partial charge on any atom is -0.333 e. The summed E-state index contributed by atoms with van der Waals surface area (Å²) in [5.74, 6) is 2.24. The highest BCUT2D eigenvalue weighted by Gasteiger charge is 2.24. The quantitative estimate of drug-likeness (QED) is 0.724. The zero-order valence-electron chi connectivity index (χ0n) is 15.5. The van der Waals surface area contributed by atoms with E-state index >= 15 is 0 Å². The Morgan fingerprint density at radius 3 is 2.77 bits per heavy atom. The van der Waals surface area contributed by atoms with Crippen LogP contribution in [0, 0.1) is 6.92 Å². The van der Waals surface area contributed by atoms with Gasteiger partial charge in [0.1, 0.15) is 11.5 Å². The van der Waals surface area contributed by atoms with Crippen LogP contribution < -0.4 is 0 Å². The number of imidazole rings is 1. The molecule has 0 bridgehead atoms. The lowest BCUT2D eigenvalue weighted by Crippen LogP contribution is -2.34. The van der Waals surface area contributed by atoms with Gasteiger partial charge in [0.15, 0.2) is 5.82 Å². The molecule has 0 aliphatic carbocycles. The van der Waals surface area contributed by atoms with E-state index in [0.717, 1.165) is 49.1 Å². The van der Waals surface area contributed by atoms with Gasteiger partial charge in [-0.1, -0.05) is 30.3 Å². The zero-order chi connectivity index (χ0) is 17.9. The van der Waals surface area contributed by atoms with Crippen LogP contribution in [0.3, 0.4) is 0 Å². The third kappa shape index (κ3) is 3.68. The lowest BCUT2D eigenvalue weighted by atomic mass is 9.96. The van der Waals surface area contributed by atoms with Gasteiger partial charge >= 0.3 is 0 Å². The van der Waals surface area contributed by atoms with Crippen molar-refractivity contribution in [2.75, 3.05) is 13.1 Å². The maximum atomic E-state index is 4.88. The molecule has 134 valence electrons. The first-order valence-electron chi connectivity index (χ1n) is 9.28. The third-order valence-electron chi connectivity index (χ3n) is 5.04. The highest BCUT2D eigenvalue weighted by atomic mass is 15.1. The summed E-state index contributed by atoms with van der Waals surface area (Å²) in [7, 11) is 2.00. The number of hydrogen-bond acceptors (Lipinski definition) is 4. The first kappa shape index (κ1) is 16.9. The molecule has 0 spiro atoms. The molecule has 1 fully saturated rings. The number of nitrogens with zero attached hydrogens (tertiary/aromatic N) is 5. The van der Waals surface area contributed by atoms with Gasteiger partial charge in [0.25, 0.3) is 0 Å². The Morgan fingerprint density at radius 1 is 1.15 bits per heavy atom. The van der Waals surface area contributed by atoms with Crippen molar-refractivity contribution >= 4 is 0 Å². The lowest BCUT2D eigenvalue weighted by molar-refractivity contribution is 0.196. The predicted octanol–water partition coefficient (Wildman–Crippen LogP) is 3.57. The van der Waals surface area contributed by atoms with Gasteiger partial charge in [0.05, 0.1) is 0 Å². The molecule has 1 saturated heterocycles. The van der Waals surface area contributed by atoms with Gasteiger partial charge in [-0.05, 0) is 37.9 Å². The van der Waals surface area contributed by atoms with Crippen LogP contribution in [0.25, 0.3) is 11.5 Å². The molecule has 5 nitrogen and oxygen atoms in total. The van der Waals surface area contributed by atoms with Gasteiger partial charge in [-0.2, -0.15) is 0 Å². The first-order valence-corrected chi connectivity index (χ1v) is 9.28. The Kier molecular flexibility index (Phi) is 4.80. The molecule has 0 amide bonds. The van der Waals surface area contributed by atoms with Gasteiger partial charge in [0.2, 0.25) is 0 Å². The van der Waals surface area contributed by atoms with Gasteiger partial charge in [-0.3, -0.25) is 4.90 Å². The second kappa shape index (κ2) is 7.38. The molecular formula is C21H25N5. The normalized spacial score (nSPS) is 18.2. The molecule has 3 aromatic rings. The van der Waals surface area contributed by atoms with Crippen LogP contribution in [0.1, 0.15) is 35.8 Å². The molecule has 4 rings (SSSR count). The average Bonchev–Trinajstić information content (AvgIpc) is 3.08. The zero-order valence-corrected chi connectivity index (χ0v) is 15.5. The molecule has 0 radical (unpaired) electrons. The first-order chi connectivity index (χ1) is 12.7. The number of benzene rings is 1. The highest BCUT2D eigenvalue weighted by Crippen LogP contribution is 2.27. The van der Waals surface area contributed by atoms with Crippen LogP contribution >= 0.6 is 0 Å². The van der Waals surface area contributed by atoms with Gasteiger partial charge in [-0.25, -0.2) is 15.0 Å². The third-order valence-corrected chi connectivity index (χ3v) is 5.04. The Balaban J connectivity index is 1.55. The number of likely N-dealkylation sites (tertiary alicyclic amines) is 1. The van der Waals surface area contributed by atoms with E-state index < -0.39 is 0 Å².